The summed E-state index contributed by atoms with van der Waals surface area (Å²) in [4.78, 5) is 28.1. The molecular formula is C16H16N4O3S. The fourth-order valence-electron chi connectivity index (χ4n) is 2.26. The molecule has 0 saturated carbocycles. The maximum Gasteiger partial charge on any atom is 0.262 e. The zero-order valence-corrected chi connectivity index (χ0v) is 13.8. The minimum Gasteiger partial charge on any atom is -0.394 e. The van der Waals surface area contributed by atoms with Gasteiger partial charge in [0.1, 0.15) is 17.1 Å². The summed E-state index contributed by atoms with van der Waals surface area (Å²) in [5, 5.41) is 18.2. The van der Waals surface area contributed by atoms with Crippen molar-refractivity contribution in [2.45, 2.75) is 13.5 Å². The molecule has 3 N–H and O–H groups in total. The highest BCUT2D eigenvalue weighted by molar-refractivity contribution is 7.13. The van der Waals surface area contributed by atoms with Crippen LogP contribution in [0.5, 0.6) is 0 Å². The number of aromatic amines is 1. The van der Waals surface area contributed by atoms with Crippen molar-refractivity contribution in [3.8, 4) is 10.6 Å². The molecule has 124 valence electrons. The molecule has 1 amide bonds. The Balaban J connectivity index is 1.91. The Bertz CT molecular complexity index is 912. The molecule has 8 heteroatoms. The van der Waals surface area contributed by atoms with Gasteiger partial charge < -0.3 is 15.4 Å². The van der Waals surface area contributed by atoms with Crippen LogP contribution in [0.4, 0.5) is 5.82 Å². The quantitative estimate of drug-likeness (QED) is 0.657. The van der Waals surface area contributed by atoms with Crippen LogP contribution >= 0.6 is 11.3 Å². The largest absolute Gasteiger partial charge is 0.394 e. The number of aromatic nitrogens is 3. The van der Waals surface area contributed by atoms with Crippen LogP contribution < -0.4 is 10.7 Å². The zero-order chi connectivity index (χ0) is 17.1. The fourth-order valence-corrected chi connectivity index (χ4v) is 2.94. The van der Waals surface area contributed by atoms with Gasteiger partial charge in [-0.25, -0.2) is 4.68 Å². The Morgan fingerprint density at radius 3 is 2.96 bits per heavy atom. The second-order valence-electron chi connectivity index (χ2n) is 5.19. The number of aliphatic hydroxyl groups excluding tert-OH is 1. The Labute approximate surface area is 141 Å². The molecule has 0 saturated heterocycles. The average Bonchev–Trinajstić information content (AvgIpc) is 3.18. The Kier molecular flexibility index (Phi) is 4.59. The lowest BCUT2D eigenvalue weighted by Gasteiger charge is -2.07. The maximum absolute atomic E-state index is 12.4. The molecule has 24 heavy (non-hydrogen) atoms. The van der Waals surface area contributed by atoms with Crippen LogP contribution in [0.2, 0.25) is 0 Å². The van der Waals surface area contributed by atoms with Crippen molar-refractivity contribution in [3.05, 3.63) is 57.3 Å². The van der Waals surface area contributed by atoms with E-state index in [0.29, 0.717) is 17.2 Å². The normalized spacial score (nSPS) is 10.8. The van der Waals surface area contributed by atoms with Gasteiger partial charge in [0.15, 0.2) is 5.43 Å². The van der Waals surface area contributed by atoms with Crippen molar-refractivity contribution in [3.63, 3.8) is 0 Å². The van der Waals surface area contributed by atoms with Gasteiger partial charge >= 0.3 is 0 Å². The van der Waals surface area contributed by atoms with Crippen molar-refractivity contribution >= 4 is 23.1 Å². The van der Waals surface area contributed by atoms with Gasteiger partial charge in [-0.05, 0) is 18.4 Å². The van der Waals surface area contributed by atoms with Crippen LogP contribution in [0, 0.1) is 6.92 Å². The minimum atomic E-state index is -0.520. The number of amides is 1. The maximum atomic E-state index is 12.4. The predicted octanol–water partition coefficient (Wildman–Crippen LogP) is 1.85. The van der Waals surface area contributed by atoms with Gasteiger partial charge in [0.25, 0.3) is 5.91 Å². The monoisotopic (exact) mass is 344 g/mol. The van der Waals surface area contributed by atoms with Crippen molar-refractivity contribution in [1.29, 1.82) is 0 Å². The van der Waals surface area contributed by atoms with E-state index in [1.54, 1.807) is 13.0 Å². The van der Waals surface area contributed by atoms with E-state index < -0.39 is 5.91 Å². The number of H-pyrrole nitrogens is 1. The van der Waals surface area contributed by atoms with Gasteiger partial charge in [-0.15, -0.1) is 11.3 Å². The van der Waals surface area contributed by atoms with Gasteiger partial charge in [-0.2, -0.15) is 5.10 Å². The average molecular weight is 344 g/mol. The van der Waals surface area contributed by atoms with Crippen LogP contribution in [-0.2, 0) is 6.54 Å². The third-order valence-corrected chi connectivity index (χ3v) is 4.30. The number of carbonyl (C=O) groups is 1. The first-order valence-electron chi connectivity index (χ1n) is 7.32. The molecule has 0 fully saturated rings. The van der Waals surface area contributed by atoms with Crippen LogP contribution in [0.15, 0.2) is 40.6 Å². The SMILES string of the molecule is Cc1cc(=O)c(C(=O)Nc2cc(-c3cccs3)nn2CCO)c[nH]1. The number of rotatable bonds is 5. The van der Waals surface area contributed by atoms with E-state index >= 15 is 0 Å². The second kappa shape index (κ2) is 6.81. The summed E-state index contributed by atoms with van der Waals surface area (Å²) in [6, 6.07) is 6.93. The number of nitrogens with one attached hydrogen (secondary N) is 2. The molecule has 3 aromatic heterocycles. The molecular weight excluding hydrogens is 328 g/mol. The Morgan fingerprint density at radius 1 is 1.46 bits per heavy atom. The summed E-state index contributed by atoms with van der Waals surface area (Å²) in [6.45, 7) is 1.87. The Hall–Kier alpha value is -2.71. The summed E-state index contributed by atoms with van der Waals surface area (Å²) in [5.41, 5.74) is 1.05. The van der Waals surface area contributed by atoms with E-state index in [0.717, 1.165) is 4.88 Å². The van der Waals surface area contributed by atoms with Crippen LogP contribution in [0.25, 0.3) is 10.6 Å². The highest BCUT2D eigenvalue weighted by atomic mass is 32.1. The first-order chi connectivity index (χ1) is 11.6. The molecule has 0 bridgehead atoms. The number of aryl methyl sites for hydroxylation is 1. The number of pyridine rings is 1. The summed E-state index contributed by atoms with van der Waals surface area (Å²) in [5.74, 6) is -0.0921. The lowest BCUT2D eigenvalue weighted by Crippen LogP contribution is -2.23. The van der Waals surface area contributed by atoms with E-state index in [4.69, 9.17) is 0 Å². The standard InChI is InChI=1S/C16H16N4O3S/c1-10-7-13(22)11(9-17-10)16(23)18-15-8-12(14-3-2-6-24-14)19-20(15)4-5-21/h2-3,6-9,21H,4-5H2,1H3,(H,17,22)(H,18,23). The smallest absolute Gasteiger partial charge is 0.262 e. The molecule has 0 atom stereocenters. The molecule has 0 unspecified atom stereocenters. The van der Waals surface area contributed by atoms with Crippen molar-refractivity contribution < 1.29 is 9.90 Å². The number of anilines is 1. The third-order valence-electron chi connectivity index (χ3n) is 3.41. The molecule has 0 radical (unpaired) electrons. The number of hydrogen-bond acceptors (Lipinski definition) is 5. The van der Waals surface area contributed by atoms with E-state index in [1.807, 2.05) is 17.5 Å². The van der Waals surface area contributed by atoms with Crippen molar-refractivity contribution in [1.82, 2.24) is 14.8 Å². The number of nitrogens with zero attached hydrogens (tertiary/aromatic N) is 2. The Morgan fingerprint density at radius 2 is 2.29 bits per heavy atom. The first kappa shape index (κ1) is 16.2. The van der Waals surface area contributed by atoms with Crippen LogP contribution in [0.1, 0.15) is 16.1 Å². The fraction of sp³-hybridized carbons (Fsp3) is 0.188. The summed E-state index contributed by atoms with van der Waals surface area (Å²) in [6.07, 6.45) is 1.39. The van der Waals surface area contributed by atoms with Crippen molar-refractivity contribution in [2.24, 2.45) is 0 Å². The molecule has 3 heterocycles. The molecule has 0 spiro atoms. The molecule has 0 aliphatic carbocycles. The highest BCUT2D eigenvalue weighted by Crippen LogP contribution is 2.26. The minimum absolute atomic E-state index is 0.0232. The lowest BCUT2D eigenvalue weighted by molar-refractivity contribution is 0.102. The second-order valence-corrected chi connectivity index (χ2v) is 6.13. The van der Waals surface area contributed by atoms with E-state index in [-0.39, 0.29) is 24.1 Å². The van der Waals surface area contributed by atoms with Gasteiger partial charge in [0, 0.05) is 24.0 Å². The molecule has 7 nitrogen and oxygen atoms in total. The number of hydrogen-bond donors (Lipinski definition) is 3. The third kappa shape index (κ3) is 3.29. The number of aliphatic hydroxyl groups is 1. The first-order valence-corrected chi connectivity index (χ1v) is 8.19. The topological polar surface area (TPSA) is 100 Å². The number of thiophene rings is 1. The molecule has 0 aliphatic heterocycles. The highest BCUT2D eigenvalue weighted by Gasteiger charge is 2.15. The summed E-state index contributed by atoms with van der Waals surface area (Å²) < 4.78 is 1.51. The van der Waals surface area contributed by atoms with Gasteiger partial charge in [0.05, 0.1) is 18.0 Å². The zero-order valence-electron chi connectivity index (χ0n) is 12.9. The molecule has 0 aromatic carbocycles. The van der Waals surface area contributed by atoms with Crippen LogP contribution in [-0.4, -0.2) is 32.4 Å². The van der Waals surface area contributed by atoms with Gasteiger partial charge in [0.2, 0.25) is 0 Å². The summed E-state index contributed by atoms with van der Waals surface area (Å²) >= 11 is 1.53. The van der Waals surface area contributed by atoms with Crippen LogP contribution in [0.3, 0.4) is 0 Å². The number of carbonyl (C=O) groups excluding carboxylic acids is 1. The van der Waals surface area contributed by atoms with E-state index in [2.05, 4.69) is 15.4 Å². The van der Waals surface area contributed by atoms with Gasteiger partial charge in [-0.3, -0.25) is 9.59 Å². The molecule has 0 aliphatic rings. The van der Waals surface area contributed by atoms with Crippen molar-refractivity contribution in [2.75, 3.05) is 11.9 Å². The molecule has 3 aromatic rings. The van der Waals surface area contributed by atoms with Gasteiger partial charge in [-0.1, -0.05) is 6.07 Å². The van der Waals surface area contributed by atoms with E-state index in [1.165, 1.54) is 28.3 Å². The lowest BCUT2D eigenvalue weighted by atomic mass is 10.2. The van der Waals surface area contributed by atoms with E-state index in [9.17, 15) is 14.7 Å². The molecule has 3 rings (SSSR count). The summed E-state index contributed by atoms with van der Waals surface area (Å²) in [7, 11) is 0. The predicted molar refractivity (Wildman–Crippen MR) is 92.4 cm³/mol.